The van der Waals surface area contributed by atoms with E-state index in [0.29, 0.717) is 22.8 Å². The highest BCUT2D eigenvalue weighted by atomic mass is 32.2. The number of amides is 2. The summed E-state index contributed by atoms with van der Waals surface area (Å²) in [4.78, 5) is 41.7. The van der Waals surface area contributed by atoms with Crippen LogP contribution in [-0.4, -0.2) is 45.5 Å². The maximum absolute atomic E-state index is 12.8. The number of aliphatic imine (C=N–C) groups is 1. The molecule has 3 aromatic carbocycles. The number of nitrogens with one attached hydrogen (secondary N) is 1. The molecule has 0 radical (unpaired) electrons. The normalized spacial score (nSPS) is 18.5. The standard InChI is InChI=1S/C30H28N4O4S/c1-3-38-29(37)22-13-15-23(16-14-22)31-27(35)18-26-28(36)32-30(39-26)34-25(21-7-5-4-6-8-21)17-24(33-34)20-11-9-19(2)10-12-20/h4-16,25-26H,3,17-18H2,1-2H3,(H,31,35)/t25-,26-/m0/s1. The third-order valence-electron chi connectivity index (χ3n) is 6.46. The molecule has 0 aromatic heterocycles. The lowest BCUT2D eigenvalue weighted by Gasteiger charge is -2.23. The molecule has 0 bridgehead atoms. The van der Waals surface area contributed by atoms with Crippen molar-refractivity contribution in [3.63, 3.8) is 0 Å². The number of ether oxygens (including phenoxy) is 1. The van der Waals surface area contributed by atoms with Crippen molar-refractivity contribution in [3.05, 3.63) is 101 Å². The third kappa shape index (κ3) is 6.09. The van der Waals surface area contributed by atoms with E-state index >= 15 is 0 Å². The van der Waals surface area contributed by atoms with E-state index < -0.39 is 11.2 Å². The second kappa shape index (κ2) is 11.7. The van der Waals surface area contributed by atoms with Gasteiger partial charge in [-0.3, -0.25) is 9.59 Å². The summed E-state index contributed by atoms with van der Waals surface area (Å²) in [6, 6.07) is 24.6. The van der Waals surface area contributed by atoms with Gasteiger partial charge in [-0.2, -0.15) is 10.1 Å². The van der Waals surface area contributed by atoms with Gasteiger partial charge < -0.3 is 10.1 Å². The molecule has 9 heteroatoms. The molecule has 2 aliphatic rings. The summed E-state index contributed by atoms with van der Waals surface area (Å²) in [5, 5.41) is 9.34. The Balaban J connectivity index is 1.27. The first-order chi connectivity index (χ1) is 18.9. The van der Waals surface area contributed by atoms with E-state index in [1.807, 2.05) is 42.3 Å². The van der Waals surface area contributed by atoms with Crippen molar-refractivity contribution in [2.75, 3.05) is 11.9 Å². The number of carbonyl (C=O) groups excluding carboxylic acids is 3. The lowest BCUT2D eigenvalue weighted by Crippen LogP contribution is -2.25. The fourth-order valence-corrected chi connectivity index (χ4v) is 5.49. The van der Waals surface area contributed by atoms with Gasteiger partial charge in [0.05, 0.1) is 23.9 Å². The number of hydrogen-bond donors (Lipinski definition) is 1. The Bertz CT molecular complexity index is 1440. The molecule has 8 nitrogen and oxygen atoms in total. The Morgan fingerprint density at radius 2 is 1.74 bits per heavy atom. The molecule has 1 N–H and O–H groups in total. The molecule has 39 heavy (non-hydrogen) atoms. The SMILES string of the molecule is CCOC(=O)c1ccc(NC(=O)C[C@@H]2SC(N3N=C(c4ccc(C)cc4)C[C@H]3c3ccccc3)=NC2=O)cc1. The van der Waals surface area contributed by atoms with Crippen molar-refractivity contribution in [3.8, 4) is 0 Å². The minimum atomic E-state index is -0.645. The van der Waals surface area contributed by atoms with Crippen LogP contribution in [0.5, 0.6) is 0 Å². The zero-order chi connectivity index (χ0) is 27.4. The number of esters is 1. The van der Waals surface area contributed by atoms with Crippen molar-refractivity contribution in [1.82, 2.24) is 5.01 Å². The quantitative estimate of drug-likeness (QED) is 0.406. The van der Waals surface area contributed by atoms with Crippen LogP contribution in [0.1, 0.15) is 52.9 Å². The topological polar surface area (TPSA) is 100 Å². The summed E-state index contributed by atoms with van der Waals surface area (Å²) in [5.74, 6) is -1.09. The maximum atomic E-state index is 12.8. The number of thioether (sulfide) groups is 1. The fraction of sp³-hybridized carbons (Fsp3) is 0.233. The monoisotopic (exact) mass is 540 g/mol. The van der Waals surface area contributed by atoms with Gasteiger partial charge in [0.1, 0.15) is 5.25 Å². The van der Waals surface area contributed by atoms with Gasteiger partial charge in [0.2, 0.25) is 5.91 Å². The number of carbonyl (C=O) groups is 3. The highest BCUT2D eigenvalue weighted by Crippen LogP contribution is 2.38. The Labute approximate surface area is 231 Å². The minimum Gasteiger partial charge on any atom is -0.462 e. The summed E-state index contributed by atoms with van der Waals surface area (Å²) in [5.41, 5.74) is 5.13. The average Bonchev–Trinajstić information content (AvgIpc) is 3.54. The highest BCUT2D eigenvalue weighted by Gasteiger charge is 2.39. The first-order valence-corrected chi connectivity index (χ1v) is 13.6. The molecule has 3 aromatic rings. The third-order valence-corrected chi connectivity index (χ3v) is 7.60. The van der Waals surface area contributed by atoms with E-state index in [2.05, 4.69) is 34.6 Å². The zero-order valence-electron chi connectivity index (χ0n) is 21.7. The predicted octanol–water partition coefficient (Wildman–Crippen LogP) is 5.35. The minimum absolute atomic E-state index is 0.0332. The molecule has 5 rings (SSSR count). The molecule has 2 amide bonds. The van der Waals surface area contributed by atoms with E-state index in [-0.39, 0.29) is 30.9 Å². The fourth-order valence-electron chi connectivity index (χ4n) is 4.43. The summed E-state index contributed by atoms with van der Waals surface area (Å²) in [7, 11) is 0. The van der Waals surface area contributed by atoms with Crippen molar-refractivity contribution >= 4 is 46.1 Å². The molecule has 0 fully saturated rings. The van der Waals surface area contributed by atoms with Gasteiger partial charge in [-0.05, 0) is 49.2 Å². The van der Waals surface area contributed by atoms with Gasteiger partial charge in [-0.1, -0.05) is 71.9 Å². The van der Waals surface area contributed by atoms with Gasteiger partial charge in [0, 0.05) is 18.5 Å². The largest absolute Gasteiger partial charge is 0.462 e. The van der Waals surface area contributed by atoms with Crippen LogP contribution >= 0.6 is 11.8 Å². The van der Waals surface area contributed by atoms with Crippen LogP contribution in [0.2, 0.25) is 0 Å². The number of rotatable bonds is 7. The number of benzene rings is 3. The molecule has 198 valence electrons. The van der Waals surface area contributed by atoms with Crippen LogP contribution in [0, 0.1) is 6.92 Å². The summed E-state index contributed by atoms with van der Waals surface area (Å²) in [6.07, 6.45) is 0.641. The van der Waals surface area contributed by atoms with Crippen molar-refractivity contribution < 1.29 is 19.1 Å². The number of hydrazone groups is 1. The molecule has 0 saturated carbocycles. The Morgan fingerprint density at radius 1 is 1.03 bits per heavy atom. The van der Waals surface area contributed by atoms with E-state index in [1.54, 1.807) is 31.2 Å². The molecular weight excluding hydrogens is 512 g/mol. The van der Waals surface area contributed by atoms with Gasteiger partial charge in [-0.25, -0.2) is 9.80 Å². The molecule has 2 aliphatic heterocycles. The number of nitrogens with zero attached hydrogens (tertiary/aromatic N) is 3. The number of hydrogen-bond acceptors (Lipinski definition) is 7. The Kier molecular flexibility index (Phi) is 7.88. The van der Waals surface area contributed by atoms with Gasteiger partial charge >= 0.3 is 5.97 Å². The van der Waals surface area contributed by atoms with E-state index in [1.165, 1.54) is 17.3 Å². The van der Waals surface area contributed by atoms with Gasteiger partial charge in [0.25, 0.3) is 5.91 Å². The molecule has 2 heterocycles. The van der Waals surface area contributed by atoms with Gasteiger partial charge in [-0.15, -0.1) is 0 Å². The van der Waals surface area contributed by atoms with Crippen molar-refractivity contribution in [2.24, 2.45) is 10.1 Å². The zero-order valence-corrected chi connectivity index (χ0v) is 22.5. The summed E-state index contributed by atoms with van der Waals surface area (Å²) < 4.78 is 4.98. The highest BCUT2D eigenvalue weighted by molar-refractivity contribution is 8.15. The van der Waals surface area contributed by atoms with Crippen LogP contribution in [0.25, 0.3) is 0 Å². The summed E-state index contributed by atoms with van der Waals surface area (Å²) in [6.45, 7) is 4.07. The van der Waals surface area contributed by atoms with Crippen molar-refractivity contribution in [2.45, 2.75) is 38.0 Å². The summed E-state index contributed by atoms with van der Waals surface area (Å²) >= 11 is 1.26. The van der Waals surface area contributed by atoms with Crippen LogP contribution in [0.3, 0.4) is 0 Å². The molecule has 0 spiro atoms. The van der Waals surface area contributed by atoms with E-state index in [9.17, 15) is 14.4 Å². The maximum Gasteiger partial charge on any atom is 0.338 e. The Hall–Kier alpha value is -4.24. The van der Waals surface area contributed by atoms with Gasteiger partial charge in [0.15, 0.2) is 5.17 Å². The molecular formula is C30H28N4O4S. The number of amidine groups is 1. The smallest absolute Gasteiger partial charge is 0.338 e. The number of aryl methyl sites for hydroxylation is 1. The van der Waals surface area contributed by atoms with E-state index in [4.69, 9.17) is 9.84 Å². The predicted molar refractivity (Wildman–Crippen MR) is 153 cm³/mol. The lowest BCUT2D eigenvalue weighted by molar-refractivity contribution is -0.121. The van der Waals surface area contributed by atoms with Crippen molar-refractivity contribution in [1.29, 1.82) is 0 Å². The lowest BCUT2D eigenvalue weighted by atomic mass is 9.98. The average molecular weight is 541 g/mol. The van der Waals surface area contributed by atoms with Crippen LogP contribution < -0.4 is 5.32 Å². The molecule has 0 aliphatic carbocycles. The van der Waals surface area contributed by atoms with Crippen LogP contribution in [0.4, 0.5) is 5.69 Å². The molecule has 2 atom stereocenters. The first-order valence-electron chi connectivity index (χ1n) is 12.8. The molecule has 0 saturated heterocycles. The first kappa shape index (κ1) is 26.4. The number of anilines is 1. The second-order valence-corrected chi connectivity index (χ2v) is 10.4. The van der Waals surface area contributed by atoms with Crippen LogP contribution in [0.15, 0.2) is 89.0 Å². The van der Waals surface area contributed by atoms with E-state index in [0.717, 1.165) is 16.8 Å². The molecule has 0 unspecified atom stereocenters. The second-order valence-electron chi connectivity index (χ2n) is 9.28. The van der Waals surface area contributed by atoms with Crippen LogP contribution in [-0.2, 0) is 14.3 Å². The Morgan fingerprint density at radius 3 is 2.44 bits per heavy atom.